The van der Waals surface area contributed by atoms with Gasteiger partial charge in [0.15, 0.2) is 0 Å². The maximum absolute atomic E-state index is 12.1. The fraction of sp³-hybridized carbons (Fsp3) is 0.389. The van der Waals surface area contributed by atoms with Crippen LogP contribution in [-0.2, 0) is 11.2 Å². The molecule has 0 bridgehead atoms. The summed E-state index contributed by atoms with van der Waals surface area (Å²) >= 11 is 0. The maximum Gasteiger partial charge on any atom is 0.224 e. The molecule has 3 rings (SSSR count). The molecule has 27 heavy (non-hydrogen) atoms. The molecular formula is C18H23N7O2. The Kier molecular flexibility index (Phi) is 5.49. The summed E-state index contributed by atoms with van der Waals surface area (Å²) in [6.45, 7) is 8.42. The molecule has 0 saturated carbocycles. The van der Waals surface area contributed by atoms with Crippen LogP contribution in [0.15, 0.2) is 23.0 Å². The number of aromatic nitrogens is 5. The molecule has 9 nitrogen and oxygen atoms in total. The van der Waals surface area contributed by atoms with E-state index in [-0.39, 0.29) is 12.3 Å². The quantitative estimate of drug-likeness (QED) is 0.609. The van der Waals surface area contributed by atoms with Crippen molar-refractivity contribution < 1.29 is 9.32 Å². The highest BCUT2D eigenvalue weighted by molar-refractivity contribution is 5.79. The third kappa shape index (κ3) is 4.49. The van der Waals surface area contributed by atoms with Gasteiger partial charge in [-0.25, -0.2) is 15.0 Å². The van der Waals surface area contributed by atoms with Gasteiger partial charge in [-0.1, -0.05) is 5.16 Å². The Labute approximate surface area is 157 Å². The lowest BCUT2D eigenvalue weighted by molar-refractivity contribution is -0.120. The number of aryl methyl sites for hydroxylation is 4. The van der Waals surface area contributed by atoms with E-state index in [2.05, 4.69) is 30.7 Å². The number of nitrogens with one attached hydrogen (secondary N) is 2. The van der Waals surface area contributed by atoms with Crippen molar-refractivity contribution in [3.8, 4) is 5.82 Å². The minimum Gasteiger partial charge on any atom is -0.368 e. The number of hydrogen-bond acceptors (Lipinski definition) is 7. The number of amides is 1. The van der Waals surface area contributed by atoms with Gasteiger partial charge in [-0.2, -0.15) is 0 Å². The van der Waals surface area contributed by atoms with Gasteiger partial charge in [0.1, 0.15) is 29.0 Å². The first-order valence-corrected chi connectivity index (χ1v) is 8.72. The van der Waals surface area contributed by atoms with Crippen LogP contribution in [-0.4, -0.2) is 43.7 Å². The Morgan fingerprint density at radius 3 is 2.67 bits per heavy atom. The van der Waals surface area contributed by atoms with E-state index >= 15 is 0 Å². The second-order valence-electron chi connectivity index (χ2n) is 6.26. The number of nitrogens with zero attached hydrogens (tertiary/aromatic N) is 5. The van der Waals surface area contributed by atoms with Crippen molar-refractivity contribution >= 4 is 11.7 Å². The van der Waals surface area contributed by atoms with Crippen LogP contribution in [0.25, 0.3) is 5.82 Å². The van der Waals surface area contributed by atoms with Crippen LogP contribution in [0.3, 0.4) is 0 Å². The predicted molar refractivity (Wildman–Crippen MR) is 99.8 cm³/mol. The lowest BCUT2D eigenvalue weighted by atomic mass is 10.1. The van der Waals surface area contributed by atoms with E-state index in [4.69, 9.17) is 4.52 Å². The number of carbonyl (C=O) groups is 1. The second kappa shape index (κ2) is 7.98. The van der Waals surface area contributed by atoms with Crippen molar-refractivity contribution in [2.45, 2.75) is 34.1 Å². The van der Waals surface area contributed by atoms with E-state index in [1.54, 1.807) is 13.1 Å². The Bertz CT molecular complexity index is 926. The monoisotopic (exact) mass is 369 g/mol. The number of hydrogen-bond donors (Lipinski definition) is 2. The van der Waals surface area contributed by atoms with Crippen molar-refractivity contribution in [3.05, 3.63) is 47.1 Å². The summed E-state index contributed by atoms with van der Waals surface area (Å²) in [7, 11) is 0. The molecule has 0 saturated heterocycles. The largest absolute Gasteiger partial charge is 0.368 e. The summed E-state index contributed by atoms with van der Waals surface area (Å²) in [5.41, 5.74) is 1.59. The first kappa shape index (κ1) is 18.6. The molecule has 0 atom stereocenters. The molecule has 1 amide bonds. The van der Waals surface area contributed by atoms with Gasteiger partial charge in [0.2, 0.25) is 5.91 Å². The van der Waals surface area contributed by atoms with Crippen molar-refractivity contribution in [2.24, 2.45) is 0 Å². The Morgan fingerprint density at radius 2 is 2.00 bits per heavy atom. The molecule has 2 N–H and O–H groups in total. The van der Waals surface area contributed by atoms with Crippen LogP contribution in [0.2, 0.25) is 0 Å². The summed E-state index contributed by atoms with van der Waals surface area (Å²) in [4.78, 5) is 25.1. The maximum atomic E-state index is 12.1. The molecule has 9 heteroatoms. The average molecular weight is 369 g/mol. The lowest BCUT2D eigenvalue weighted by Crippen LogP contribution is -2.30. The highest BCUT2D eigenvalue weighted by Crippen LogP contribution is 2.13. The first-order chi connectivity index (χ1) is 12.9. The van der Waals surface area contributed by atoms with E-state index in [0.717, 1.165) is 22.9 Å². The van der Waals surface area contributed by atoms with Gasteiger partial charge < -0.3 is 15.2 Å². The molecule has 0 aliphatic heterocycles. The van der Waals surface area contributed by atoms with Crippen LogP contribution in [0, 0.1) is 27.7 Å². The smallest absolute Gasteiger partial charge is 0.224 e. The van der Waals surface area contributed by atoms with E-state index in [0.29, 0.717) is 30.5 Å². The third-order valence-electron chi connectivity index (χ3n) is 4.17. The average Bonchev–Trinajstić information content (AvgIpc) is 3.19. The lowest BCUT2D eigenvalue weighted by Gasteiger charge is -2.10. The number of rotatable bonds is 7. The standard InChI is InChI=1S/C18H23N7O2/c1-11-15(12(2)27-24-11)9-18(26)21-6-5-20-16-10-17(23-13(3)22-16)25-8-7-19-14(25)4/h7-8,10H,5-6,9H2,1-4H3,(H,21,26)(H,20,22,23). The zero-order chi connectivity index (χ0) is 19.4. The van der Waals surface area contributed by atoms with Gasteiger partial charge in [-0.15, -0.1) is 0 Å². The van der Waals surface area contributed by atoms with Gasteiger partial charge >= 0.3 is 0 Å². The molecule has 0 spiro atoms. The molecule has 0 radical (unpaired) electrons. The van der Waals surface area contributed by atoms with Crippen molar-refractivity contribution in [3.63, 3.8) is 0 Å². The predicted octanol–water partition coefficient (Wildman–Crippen LogP) is 1.65. The normalized spacial score (nSPS) is 10.8. The molecule has 3 aromatic heterocycles. The van der Waals surface area contributed by atoms with Gasteiger partial charge in [-0.05, 0) is 27.7 Å². The minimum atomic E-state index is -0.0696. The molecule has 3 aromatic rings. The number of carbonyl (C=O) groups excluding carboxylic acids is 1. The van der Waals surface area contributed by atoms with Crippen LogP contribution < -0.4 is 10.6 Å². The van der Waals surface area contributed by atoms with E-state index < -0.39 is 0 Å². The fourth-order valence-corrected chi connectivity index (χ4v) is 2.76. The van der Waals surface area contributed by atoms with E-state index in [9.17, 15) is 4.79 Å². The summed E-state index contributed by atoms with van der Waals surface area (Å²) in [6, 6.07) is 1.85. The Morgan fingerprint density at radius 1 is 1.19 bits per heavy atom. The molecular weight excluding hydrogens is 346 g/mol. The SMILES string of the molecule is Cc1nc(NCCNC(=O)Cc2c(C)noc2C)cc(-n2ccnc2C)n1. The zero-order valence-electron chi connectivity index (χ0n) is 15.9. The summed E-state index contributed by atoms with van der Waals surface area (Å²) in [6.07, 6.45) is 3.85. The number of imidazole rings is 1. The number of anilines is 1. The Balaban J connectivity index is 1.53. The van der Waals surface area contributed by atoms with Crippen molar-refractivity contribution in [1.82, 2.24) is 30.0 Å². The summed E-state index contributed by atoms with van der Waals surface area (Å²) < 4.78 is 6.97. The second-order valence-corrected chi connectivity index (χ2v) is 6.26. The van der Waals surface area contributed by atoms with Crippen LogP contribution >= 0.6 is 0 Å². The fourth-order valence-electron chi connectivity index (χ4n) is 2.76. The molecule has 0 fully saturated rings. The third-order valence-corrected chi connectivity index (χ3v) is 4.17. The van der Waals surface area contributed by atoms with Gasteiger partial charge in [0, 0.05) is 37.1 Å². The summed E-state index contributed by atoms with van der Waals surface area (Å²) in [5, 5.41) is 9.96. The van der Waals surface area contributed by atoms with Crippen LogP contribution in [0.5, 0.6) is 0 Å². The highest BCUT2D eigenvalue weighted by atomic mass is 16.5. The minimum absolute atomic E-state index is 0.0696. The summed E-state index contributed by atoms with van der Waals surface area (Å²) in [5.74, 6) is 3.57. The van der Waals surface area contributed by atoms with Gasteiger partial charge in [-0.3, -0.25) is 9.36 Å². The molecule has 0 aliphatic rings. The van der Waals surface area contributed by atoms with Crippen LogP contribution in [0.1, 0.15) is 28.7 Å². The molecule has 0 unspecified atom stereocenters. The van der Waals surface area contributed by atoms with Crippen molar-refractivity contribution in [2.75, 3.05) is 18.4 Å². The molecule has 0 aliphatic carbocycles. The topological polar surface area (TPSA) is 111 Å². The zero-order valence-corrected chi connectivity index (χ0v) is 15.9. The van der Waals surface area contributed by atoms with E-state index in [1.165, 1.54) is 0 Å². The molecule has 3 heterocycles. The molecule has 142 valence electrons. The van der Waals surface area contributed by atoms with Crippen LogP contribution in [0.4, 0.5) is 5.82 Å². The van der Waals surface area contributed by atoms with Gasteiger partial charge in [0.25, 0.3) is 0 Å². The van der Waals surface area contributed by atoms with Gasteiger partial charge in [0.05, 0.1) is 12.1 Å². The van der Waals surface area contributed by atoms with Crippen molar-refractivity contribution in [1.29, 1.82) is 0 Å². The van der Waals surface area contributed by atoms with E-state index in [1.807, 2.05) is 37.6 Å². The highest BCUT2D eigenvalue weighted by Gasteiger charge is 2.13. The Hall–Kier alpha value is -3.23. The molecule has 0 aromatic carbocycles. The first-order valence-electron chi connectivity index (χ1n) is 8.72.